The van der Waals surface area contributed by atoms with Gasteiger partial charge in [0.1, 0.15) is 4.21 Å². The normalized spacial score (nSPS) is 20.2. The molecule has 0 spiro atoms. The van der Waals surface area contributed by atoms with Gasteiger partial charge in [-0.25, -0.2) is 13.1 Å². The molecule has 0 saturated carbocycles. The summed E-state index contributed by atoms with van der Waals surface area (Å²) >= 11 is 1.29. The lowest BCUT2D eigenvalue weighted by atomic mass is 10.2. The molecule has 0 radical (unpaired) electrons. The molecule has 0 aromatic carbocycles. The largest absolute Gasteiger partial charge is 0.313 e. The van der Waals surface area contributed by atoms with E-state index < -0.39 is 10.0 Å². The van der Waals surface area contributed by atoms with Gasteiger partial charge in [-0.15, -0.1) is 11.3 Å². The zero-order chi connectivity index (χ0) is 15.3. The van der Waals surface area contributed by atoms with Gasteiger partial charge in [-0.1, -0.05) is 13.8 Å². The van der Waals surface area contributed by atoms with Crippen LogP contribution >= 0.6 is 11.3 Å². The smallest absolute Gasteiger partial charge is 0.250 e. The van der Waals surface area contributed by atoms with Crippen molar-refractivity contribution >= 4 is 21.4 Å². The molecule has 0 amide bonds. The zero-order valence-electron chi connectivity index (χ0n) is 12.8. The van der Waals surface area contributed by atoms with E-state index in [4.69, 9.17) is 0 Å². The van der Waals surface area contributed by atoms with E-state index in [1.807, 2.05) is 12.3 Å². The topological polar surface area (TPSA) is 61.4 Å². The highest BCUT2D eigenvalue weighted by Crippen LogP contribution is 2.21. The van der Waals surface area contributed by atoms with Crippen LogP contribution in [0.1, 0.15) is 32.3 Å². The van der Waals surface area contributed by atoms with E-state index in [9.17, 15) is 8.42 Å². The van der Waals surface area contributed by atoms with Crippen LogP contribution in [0.5, 0.6) is 0 Å². The first-order valence-corrected chi connectivity index (χ1v) is 9.95. The summed E-state index contributed by atoms with van der Waals surface area (Å²) in [4.78, 5) is 2.34. The molecule has 1 aliphatic rings. The van der Waals surface area contributed by atoms with Gasteiger partial charge in [0, 0.05) is 19.1 Å². The molecule has 1 atom stereocenters. The van der Waals surface area contributed by atoms with Crippen LogP contribution in [0.15, 0.2) is 15.7 Å². The van der Waals surface area contributed by atoms with Crippen molar-refractivity contribution in [3.8, 4) is 0 Å². The summed E-state index contributed by atoms with van der Waals surface area (Å²) in [5.41, 5.74) is 1.03. The molecule has 1 saturated heterocycles. The summed E-state index contributed by atoms with van der Waals surface area (Å²) in [6, 6.07) is 2.10. The Labute approximate surface area is 131 Å². The number of sulfonamides is 1. The first-order chi connectivity index (χ1) is 10.1. The van der Waals surface area contributed by atoms with Gasteiger partial charge < -0.3 is 5.32 Å². The Balaban J connectivity index is 1.93. The molecule has 2 rings (SSSR count). The summed E-state index contributed by atoms with van der Waals surface area (Å²) < 4.78 is 27.8. The van der Waals surface area contributed by atoms with Gasteiger partial charge in [0.15, 0.2) is 0 Å². The third-order valence-electron chi connectivity index (χ3n) is 3.89. The van der Waals surface area contributed by atoms with E-state index in [1.54, 1.807) is 6.07 Å². The quantitative estimate of drug-likeness (QED) is 0.760. The molecule has 1 unspecified atom stereocenters. The highest BCUT2D eigenvalue weighted by atomic mass is 32.2. The summed E-state index contributed by atoms with van der Waals surface area (Å²) in [6.45, 7) is 8.33. The van der Waals surface area contributed by atoms with E-state index in [1.165, 1.54) is 11.3 Å². The van der Waals surface area contributed by atoms with E-state index in [-0.39, 0.29) is 0 Å². The van der Waals surface area contributed by atoms with Gasteiger partial charge in [-0.05, 0) is 49.5 Å². The monoisotopic (exact) mass is 331 g/mol. The molecular formula is C14H25N3O2S2. The summed E-state index contributed by atoms with van der Waals surface area (Å²) in [5, 5.41) is 5.11. The van der Waals surface area contributed by atoms with E-state index >= 15 is 0 Å². The molecular weight excluding hydrogens is 306 g/mol. The van der Waals surface area contributed by atoms with E-state index in [0.717, 1.165) is 44.6 Å². The van der Waals surface area contributed by atoms with Crippen molar-refractivity contribution < 1.29 is 8.42 Å². The van der Waals surface area contributed by atoms with Crippen molar-refractivity contribution in [1.82, 2.24) is 14.9 Å². The third-order valence-corrected chi connectivity index (χ3v) is 6.80. The second kappa shape index (κ2) is 7.69. The van der Waals surface area contributed by atoms with Gasteiger partial charge in [-0.2, -0.15) is 0 Å². The van der Waals surface area contributed by atoms with Crippen molar-refractivity contribution in [2.24, 2.45) is 0 Å². The van der Waals surface area contributed by atoms with Crippen LogP contribution in [-0.2, 0) is 16.6 Å². The Bertz CT molecular complexity index is 542. The molecule has 1 fully saturated rings. The lowest BCUT2D eigenvalue weighted by Crippen LogP contribution is -2.39. The molecule has 1 aromatic rings. The number of nitrogens with zero attached hydrogens (tertiary/aromatic N) is 1. The Morgan fingerprint density at radius 1 is 1.43 bits per heavy atom. The molecule has 0 bridgehead atoms. The standard InChI is InChI=1S/C14H25N3O2S2/c1-3-15-9-12-8-14(20-11-12)21(18,19)16-10-13-6-5-7-17(13)4-2/h8,11,13,15-16H,3-7,9-10H2,1-2H3. The van der Waals surface area contributed by atoms with Crippen LogP contribution in [0.25, 0.3) is 0 Å². The van der Waals surface area contributed by atoms with Crippen LogP contribution in [0.2, 0.25) is 0 Å². The van der Waals surface area contributed by atoms with Gasteiger partial charge in [0.25, 0.3) is 0 Å². The fourth-order valence-electron chi connectivity index (χ4n) is 2.68. The minimum absolute atomic E-state index is 0.339. The minimum Gasteiger partial charge on any atom is -0.313 e. The first kappa shape index (κ1) is 16.9. The Hall–Kier alpha value is -0.470. The van der Waals surface area contributed by atoms with Crippen LogP contribution in [0.4, 0.5) is 0 Å². The van der Waals surface area contributed by atoms with Gasteiger partial charge in [-0.3, -0.25) is 4.90 Å². The average Bonchev–Trinajstić information content (AvgIpc) is 3.12. The fourth-order valence-corrected chi connectivity index (χ4v) is 5.00. The number of hydrogen-bond acceptors (Lipinski definition) is 5. The second-order valence-corrected chi connectivity index (χ2v) is 8.24. The van der Waals surface area contributed by atoms with Crippen LogP contribution in [-0.4, -0.2) is 45.5 Å². The van der Waals surface area contributed by atoms with Crippen molar-refractivity contribution in [3.63, 3.8) is 0 Å². The lowest BCUT2D eigenvalue weighted by Gasteiger charge is -2.22. The number of rotatable bonds is 8. The molecule has 2 N–H and O–H groups in total. The molecule has 0 aliphatic carbocycles. The Morgan fingerprint density at radius 3 is 2.95 bits per heavy atom. The van der Waals surface area contributed by atoms with Crippen LogP contribution in [0, 0.1) is 0 Å². The molecule has 1 aromatic heterocycles. The van der Waals surface area contributed by atoms with Crippen molar-refractivity contribution in [2.45, 2.75) is 43.5 Å². The predicted octanol–water partition coefficient (Wildman–Crippen LogP) is 1.62. The van der Waals surface area contributed by atoms with Crippen LogP contribution < -0.4 is 10.0 Å². The maximum atomic E-state index is 12.3. The SMILES string of the molecule is CCNCc1csc(S(=O)(=O)NCC2CCCN2CC)c1. The van der Waals surface area contributed by atoms with E-state index in [0.29, 0.717) is 16.8 Å². The maximum Gasteiger partial charge on any atom is 0.250 e. The van der Waals surface area contributed by atoms with Crippen molar-refractivity contribution in [2.75, 3.05) is 26.2 Å². The summed E-state index contributed by atoms with van der Waals surface area (Å²) in [6.07, 6.45) is 2.23. The van der Waals surface area contributed by atoms with Crippen molar-refractivity contribution in [3.05, 3.63) is 17.0 Å². The molecule has 5 nitrogen and oxygen atoms in total. The molecule has 120 valence electrons. The molecule has 1 aliphatic heterocycles. The summed E-state index contributed by atoms with van der Waals surface area (Å²) in [5.74, 6) is 0. The highest BCUT2D eigenvalue weighted by molar-refractivity contribution is 7.91. The maximum absolute atomic E-state index is 12.3. The number of likely N-dealkylation sites (N-methyl/N-ethyl adjacent to an activating group) is 1. The number of nitrogens with one attached hydrogen (secondary N) is 2. The predicted molar refractivity (Wildman–Crippen MR) is 87.2 cm³/mol. The zero-order valence-corrected chi connectivity index (χ0v) is 14.4. The van der Waals surface area contributed by atoms with Crippen molar-refractivity contribution in [1.29, 1.82) is 0 Å². The van der Waals surface area contributed by atoms with Crippen LogP contribution in [0.3, 0.4) is 0 Å². The van der Waals surface area contributed by atoms with Gasteiger partial charge in [0.05, 0.1) is 0 Å². The number of thiophene rings is 1. The average molecular weight is 332 g/mol. The molecule has 2 heterocycles. The Morgan fingerprint density at radius 2 is 2.24 bits per heavy atom. The third kappa shape index (κ3) is 4.50. The lowest BCUT2D eigenvalue weighted by molar-refractivity contribution is 0.268. The second-order valence-electron chi connectivity index (χ2n) is 5.33. The highest BCUT2D eigenvalue weighted by Gasteiger charge is 2.25. The molecule has 21 heavy (non-hydrogen) atoms. The minimum atomic E-state index is -3.37. The summed E-state index contributed by atoms with van der Waals surface area (Å²) in [7, 11) is -3.37. The van der Waals surface area contributed by atoms with Gasteiger partial charge in [0.2, 0.25) is 10.0 Å². The number of likely N-dealkylation sites (tertiary alicyclic amines) is 1. The van der Waals surface area contributed by atoms with E-state index in [2.05, 4.69) is 21.9 Å². The first-order valence-electron chi connectivity index (χ1n) is 7.58. The Kier molecular flexibility index (Phi) is 6.19. The number of hydrogen-bond donors (Lipinski definition) is 2. The fraction of sp³-hybridized carbons (Fsp3) is 0.714. The van der Waals surface area contributed by atoms with Gasteiger partial charge >= 0.3 is 0 Å². The molecule has 7 heteroatoms.